The molecule has 1 aliphatic heterocycles. The summed E-state index contributed by atoms with van der Waals surface area (Å²) in [7, 11) is 0. The van der Waals surface area contributed by atoms with Crippen LogP contribution in [0.4, 0.5) is 0 Å². The largest absolute Gasteiger partial charge is 0.313 e. The fourth-order valence-electron chi connectivity index (χ4n) is 1.53. The van der Waals surface area contributed by atoms with Gasteiger partial charge in [-0.2, -0.15) is 0 Å². The summed E-state index contributed by atoms with van der Waals surface area (Å²) in [5, 5.41) is 3.39. The van der Waals surface area contributed by atoms with Gasteiger partial charge in [0.1, 0.15) is 0 Å². The Hall–Kier alpha value is -0.300. The number of hydrogen-bond acceptors (Lipinski definition) is 1. The van der Waals surface area contributed by atoms with E-state index in [0.29, 0.717) is 5.41 Å². The maximum atomic E-state index is 4.02. The van der Waals surface area contributed by atoms with Crippen molar-refractivity contribution in [2.45, 2.75) is 27.2 Å². The van der Waals surface area contributed by atoms with Crippen LogP contribution in [0, 0.1) is 11.3 Å². The standard InChI is InChI=1S/C10H19N/c1-8-5-9(7-11-6-8)10(2,3)4/h9,11H,1,5-7H2,2-4H3. The van der Waals surface area contributed by atoms with E-state index in [0.717, 1.165) is 19.0 Å². The molecule has 0 aromatic rings. The highest BCUT2D eigenvalue weighted by atomic mass is 14.9. The summed E-state index contributed by atoms with van der Waals surface area (Å²) in [5.41, 5.74) is 1.78. The molecule has 1 N–H and O–H groups in total. The topological polar surface area (TPSA) is 12.0 Å². The van der Waals surface area contributed by atoms with Gasteiger partial charge in [-0.3, -0.25) is 0 Å². The van der Waals surface area contributed by atoms with E-state index < -0.39 is 0 Å². The fraction of sp³-hybridized carbons (Fsp3) is 0.800. The first-order valence-corrected chi connectivity index (χ1v) is 4.37. The Kier molecular flexibility index (Phi) is 2.38. The lowest BCUT2D eigenvalue weighted by atomic mass is 9.76. The smallest absolute Gasteiger partial charge is 0.0162 e. The van der Waals surface area contributed by atoms with Crippen LogP contribution in [0.25, 0.3) is 0 Å². The Balaban J connectivity index is 2.53. The van der Waals surface area contributed by atoms with E-state index in [9.17, 15) is 0 Å². The van der Waals surface area contributed by atoms with Gasteiger partial charge in [-0.1, -0.05) is 32.9 Å². The van der Waals surface area contributed by atoms with Gasteiger partial charge in [0.2, 0.25) is 0 Å². The highest BCUT2D eigenvalue weighted by Crippen LogP contribution is 2.31. The summed E-state index contributed by atoms with van der Waals surface area (Å²) in [5.74, 6) is 0.767. The van der Waals surface area contributed by atoms with Crippen LogP contribution < -0.4 is 5.32 Å². The zero-order valence-electron chi connectivity index (χ0n) is 7.91. The summed E-state index contributed by atoms with van der Waals surface area (Å²) < 4.78 is 0. The van der Waals surface area contributed by atoms with E-state index in [4.69, 9.17) is 0 Å². The molecule has 0 radical (unpaired) electrons. The monoisotopic (exact) mass is 153 g/mol. The van der Waals surface area contributed by atoms with Gasteiger partial charge in [0.15, 0.2) is 0 Å². The van der Waals surface area contributed by atoms with Crippen molar-refractivity contribution >= 4 is 0 Å². The Morgan fingerprint density at radius 2 is 2.09 bits per heavy atom. The summed E-state index contributed by atoms with van der Waals surface area (Å²) in [6, 6.07) is 0. The van der Waals surface area contributed by atoms with Gasteiger partial charge in [0.25, 0.3) is 0 Å². The molecule has 1 unspecified atom stereocenters. The molecule has 0 aromatic heterocycles. The minimum Gasteiger partial charge on any atom is -0.313 e. The Labute approximate surface area is 69.9 Å². The van der Waals surface area contributed by atoms with Crippen molar-refractivity contribution in [3.05, 3.63) is 12.2 Å². The first-order valence-electron chi connectivity index (χ1n) is 4.37. The average Bonchev–Trinajstić information content (AvgIpc) is 1.86. The molecule has 1 nitrogen and oxygen atoms in total. The molecule has 1 heterocycles. The normalized spacial score (nSPS) is 27.2. The second-order valence-corrected chi connectivity index (χ2v) is 4.65. The van der Waals surface area contributed by atoms with Crippen molar-refractivity contribution in [2.75, 3.05) is 13.1 Å². The Morgan fingerprint density at radius 1 is 1.45 bits per heavy atom. The molecule has 0 amide bonds. The highest BCUT2D eigenvalue weighted by Gasteiger charge is 2.26. The van der Waals surface area contributed by atoms with Gasteiger partial charge in [-0.05, 0) is 24.3 Å². The lowest BCUT2D eigenvalue weighted by Crippen LogP contribution is -2.37. The van der Waals surface area contributed by atoms with E-state index in [1.54, 1.807) is 0 Å². The van der Waals surface area contributed by atoms with Crippen molar-refractivity contribution in [1.29, 1.82) is 0 Å². The van der Waals surface area contributed by atoms with Crippen molar-refractivity contribution in [3.8, 4) is 0 Å². The van der Waals surface area contributed by atoms with Crippen LogP contribution >= 0.6 is 0 Å². The van der Waals surface area contributed by atoms with Gasteiger partial charge in [-0.25, -0.2) is 0 Å². The van der Waals surface area contributed by atoms with Gasteiger partial charge in [0, 0.05) is 6.54 Å². The number of hydrogen-bond donors (Lipinski definition) is 1. The molecule has 1 rings (SSSR count). The molecule has 0 bridgehead atoms. The van der Waals surface area contributed by atoms with E-state index in [1.807, 2.05) is 0 Å². The van der Waals surface area contributed by atoms with E-state index in [-0.39, 0.29) is 0 Å². The van der Waals surface area contributed by atoms with Crippen LogP contribution in [0.2, 0.25) is 0 Å². The third-order valence-corrected chi connectivity index (χ3v) is 2.53. The van der Waals surface area contributed by atoms with Crippen molar-refractivity contribution < 1.29 is 0 Å². The zero-order valence-corrected chi connectivity index (χ0v) is 7.91. The summed E-state index contributed by atoms with van der Waals surface area (Å²) in [4.78, 5) is 0. The molecule has 1 heteroatoms. The van der Waals surface area contributed by atoms with Gasteiger partial charge in [0.05, 0.1) is 0 Å². The van der Waals surface area contributed by atoms with Crippen LogP contribution in [-0.4, -0.2) is 13.1 Å². The first kappa shape index (κ1) is 8.79. The Bertz CT molecular complexity index is 153. The molecule has 1 fully saturated rings. The lowest BCUT2D eigenvalue weighted by Gasteiger charge is -2.35. The third-order valence-electron chi connectivity index (χ3n) is 2.53. The molecule has 1 atom stereocenters. The van der Waals surface area contributed by atoms with Crippen molar-refractivity contribution in [2.24, 2.45) is 11.3 Å². The third kappa shape index (κ3) is 2.33. The SMILES string of the molecule is C=C1CNCC(C(C)(C)C)C1. The molecular weight excluding hydrogens is 134 g/mol. The van der Waals surface area contributed by atoms with Crippen LogP contribution in [0.5, 0.6) is 0 Å². The van der Waals surface area contributed by atoms with E-state index >= 15 is 0 Å². The zero-order chi connectivity index (χ0) is 8.48. The lowest BCUT2D eigenvalue weighted by molar-refractivity contribution is 0.217. The highest BCUT2D eigenvalue weighted by molar-refractivity contribution is 5.04. The van der Waals surface area contributed by atoms with Gasteiger partial charge < -0.3 is 5.32 Å². The minimum absolute atomic E-state index is 0.427. The van der Waals surface area contributed by atoms with Crippen LogP contribution in [0.1, 0.15) is 27.2 Å². The minimum atomic E-state index is 0.427. The first-order chi connectivity index (χ1) is 5.00. The van der Waals surface area contributed by atoms with E-state index in [2.05, 4.69) is 32.7 Å². The maximum absolute atomic E-state index is 4.02. The van der Waals surface area contributed by atoms with Crippen LogP contribution in [-0.2, 0) is 0 Å². The van der Waals surface area contributed by atoms with Crippen LogP contribution in [0.15, 0.2) is 12.2 Å². The second-order valence-electron chi connectivity index (χ2n) is 4.65. The van der Waals surface area contributed by atoms with Gasteiger partial charge >= 0.3 is 0 Å². The van der Waals surface area contributed by atoms with Crippen molar-refractivity contribution in [3.63, 3.8) is 0 Å². The van der Waals surface area contributed by atoms with Crippen LogP contribution in [0.3, 0.4) is 0 Å². The second kappa shape index (κ2) is 2.98. The fourth-order valence-corrected chi connectivity index (χ4v) is 1.53. The number of piperidine rings is 1. The predicted molar refractivity (Wildman–Crippen MR) is 49.6 cm³/mol. The average molecular weight is 153 g/mol. The molecule has 0 saturated carbocycles. The maximum Gasteiger partial charge on any atom is 0.0162 e. The predicted octanol–water partition coefficient (Wildman–Crippen LogP) is 2.20. The number of rotatable bonds is 0. The molecule has 1 saturated heterocycles. The molecule has 0 aromatic carbocycles. The summed E-state index contributed by atoms with van der Waals surface area (Å²) >= 11 is 0. The molecule has 64 valence electrons. The van der Waals surface area contributed by atoms with Crippen molar-refractivity contribution in [1.82, 2.24) is 5.32 Å². The molecule has 1 aliphatic rings. The van der Waals surface area contributed by atoms with Gasteiger partial charge in [-0.15, -0.1) is 0 Å². The summed E-state index contributed by atoms with van der Waals surface area (Å²) in [6.45, 7) is 13.1. The Morgan fingerprint density at radius 3 is 2.45 bits per heavy atom. The van der Waals surface area contributed by atoms with E-state index in [1.165, 1.54) is 12.0 Å². The molecular formula is C10H19N. The summed E-state index contributed by atoms with van der Waals surface area (Å²) in [6.07, 6.45) is 1.20. The number of nitrogens with one attached hydrogen (secondary N) is 1. The quantitative estimate of drug-likeness (QED) is 0.526. The molecule has 0 aliphatic carbocycles. The molecule has 0 spiro atoms. The molecule has 11 heavy (non-hydrogen) atoms.